The highest BCUT2D eigenvalue weighted by molar-refractivity contribution is 6.06. The summed E-state index contributed by atoms with van der Waals surface area (Å²) >= 11 is 0. The molecule has 1 aliphatic rings. The number of amides is 1. The Kier molecular flexibility index (Phi) is 4.03. The number of carbonyl (C=O) groups excluding carboxylic acids is 1. The standard InChI is InChI=1S/C16H16N4O4/c1-9-14-12(3-2-4-13(14)24-15(9)16(17)21)19-18-10-5-7-11(8-6-10)20(22)23/h5-8,18H,2-4H2,1H3,(H2,17,21)/b19-12+. The van der Waals surface area contributed by atoms with Crippen LogP contribution in [-0.2, 0) is 6.42 Å². The van der Waals surface area contributed by atoms with Gasteiger partial charge in [0.2, 0.25) is 0 Å². The number of hydrazone groups is 1. The molecule has 124 valence electrons. The van der Waals surface area contributed by atoms with E-state index in [1.807, 2.05) is 0 Å². The van der Waals surface area contributed by atoms with Gasteiger partial charge in [-0.2, -0.15) is 5.10 Å². The molecule has 0 aliphatic heterocycles. The van der Waals surface area contributed by atoms with E-state index in [0.29, 0.717) is 11.3 Å². The Morgan fingerprint density at radius 1 is 1.33 bits per heavy atom. The van der Waals surface area contributed by atoms with Gasteiger partial charge in [0.15, 0.2) is 5.76 Å². The highest BCUT2D eigenvalue weighted by Crippen LogP contribution is 2.30. The van der Waals surface area contributed by atoms with Crippen LogP contribution in [0.25, 0.3) is 0 Å². The van der Waals surface area contributed by atoms with Crippen molar-refractivity contribution in [3.05, 3.63) is 57.0 Å². The fraction of sp³-hybridized carbons (Fsp3) is 0.250. The number of nitro groups is 1. The largest absolute Gasteiger partial charge is 0.455 e. The zero-order valence-electron chi connectivity index (χ0n) is 13.0. The fourth-order valence-corrected chi connectivity index (χ4v) is 2.80. The number of aryl methyl sites for hydroxylation is 1. The number of nitro benzene ring substituents is 1. The molecule has 3 rings (SSSR count). The minimum Gasteiger partial charge on any atom is -0.455 e. The maximum Gasteiger partial charge on any atom is 0.284 e. The number of carbonyl (C=O) groups is 1. The predicted octanol–water partition coefficient (Wildman–Crippen LogP) is 2.75. The third kappa shape index (κ3) is 2.85. The van der Waals surface area contributed by atoms with Crippen molar-refractivity contribution in [3.63, 3.8) is 0 Å². The molecule has 1 heterocycles. The second-order valence-electron chi connectivity index (χ2n) is 5.55. The molecule has 0 unspecified atom stereocenters. The summed E-state index contributed by atoms with van der Waals surface area (Å²) in [5, 5.41) is 15.0. The zero-order valence-corrected chi connectivity index (χ0v) is 13.0. The molecule has 1 amide bonds. The summed E-state index contributed by atoms with van der Waals surface area (Å²) in [5.41, 5.74) is 11.2. The monoisotopic (exact) mass is 328 g/mol. The van der Waals surface area contributed by atoms with E-state index in [0.717, 1.165) is 36.3 Å². The van der Waals surface area contributed by atoms with E-state index in [4.69, 9.17) is 10.2 Å². The molecule has 0 fully saturated rings. The number of rotatable bonds is 4. The summed E-state index contributed by atoms with van der Waals surface area (Å²) in [4.78, 5) is 21.6. The topological polar surface area (TPSA) is 124 Å². The van der Waals surface area contributed by atoms with Gasteiger partial charge in [0.05, 0.1) is 16.3 Å². The van der Waals surface area contributed by atoms with Crippen molar-refractivity contribution in [1.29, 1.82) is 0 Å². The van der Waals surface area contributed by atoms with Crippen LogP contribution in [0.3, 0.4) is 0 Å². The van der Waals surface area contributed by atoms with Crippen LogP contribution in [0, 0.1) is 17.0 Å². The van der Waals surface area contributed by atoms with Crippen LogP contribution in [0.1, 0.15) is 40.3 Å². The van der Waals surface area contributed by atoms with E-state index in [1.54, 1.807) is 19.1 Å². The molecule has 1 aromatic heterocycles. The first-order valence-electron chi connectivity index (χ1n) is 7.47. The van der Waals surface area contributed by atoms with Gasteiger partial charge in [0.1, 0.15) is 5.76 Å². The number of non-ortho nitro benzene ring substituents is 1. The second-order valence-corrected chi connectivity index (χ2v) is 5.55. The lowest BCUT2D eigenvalue weighted by Crippen LogP contribution is -2.14. The lowest BCUT2D eigenvalue weighted by atomic mass is 9.93. The van der Waals surface area contributed by atoms with Gasteiger partial charge in [-0.05, 0) is 31.9 Å². The van der Waals surface area contributed by atoms with Crippen molar-refractivity contribution < 1.29 is 14.1 Å². The van der Waals surface area contributed by atoms with Crippen LogP contribution >= 0.6 is 0 Å². The quantitative estimate of drug-likeness (QED) is 0.659. The Morgan fingerprint density at radius 3 is 2.67 bits per heavy atom. The van der Waals surface area contributed by atoms with Crippen molar-refractivity contribution in [2.45, 2.75) is 26.2 Å². The number of anilines is 1. The highest BCUT2D eigenvalue weighted by Gasteiger charge is 2.26. The van der Waals surface area contributed by atoms with Crippen molar-refractivity contribution >= 4 is 23.0 Å². The number of furan rings is 1. The first-order valence-corrected chi connectivity index (χ1v) is 7.47. The van der Waals surface area contributed by atoms with Gasteiger partial charge in [-0.1, -0.05) is 0 Å². The van der Waals surface area contributed by atoms with Crippen LogP contribution in [0.5, 0.6) is 0 Å². The Hall–Kier alpha value is -3.16. The van der Waals surface area contributed by atoms with Crippen LogP contribution in [0.2, 0.25) is 0 Å². The first kappa shape index (κ1) is 15.7. The molecular formula is C16H16N4O4. The second kappa shape index (κ2) is 6.15. The van der Waals surface area contributed by atoms with E-state index in [-0.39, 0.29) is 11.4 Å². The molecule has 1 aliphatic carbocycles. The van der Waals surface area contributed by atoms with E-state index >= 15 is 0 Å². The molecule has 0 radical (unpaired) electrons. The molecule has 8 heteroatoms. The van der Waals surface area contributed by atoms with Crippen LogP contribution in [-0.4, -0.2) is 16.5 Å². The van der Waals surface area contributed by atoms with Gasteiger partial charge in [0, 0.05) is 29.7 Å². The van der Waals surface area contributed by atoms with Crippen molar-refractivity contribution in [3.8, 4) is 0 Å². The highest BCUT2D eigenvalue weighted by atomic mass is 16.6. The molecular weight excluding hydrogens is 312 g/mol. The fourth-order valence-electron chi connectivity index (χ4n) is 2.80. The molecule has 0 bridgehead atoms. The molecule has 0 spiro atoms. The third-order valence-electron chi connectivity index (χ3n) is 3.95. The summed E-state index contributed by atoms with van der Waals surface area (Å²) in [6.07, 6.45) is 2.34. The summed E-state index contributed by atoms with van der Waals surface area (Å²) in [6, 6.07) is 5.98. The average Bonchev–Trinajstić information content (AvgIpc) is 2.91. The number of fused-ring (bicyclic) bond motifs is 1. The van der Waals surface area contributed by atoms with E-state index in [9.17, 15) is 14.9 Å². The molecule has 8 nitrogen and oxygen atoms in total. The Balaban J connectivity index is 1.87. The molecule has 1 aromatic carbocycles. The minimum absolute atomic E-state index is 0.0185. The first-order chi connectivity index (χ1) is 11.5. The Bertz CT molecular complexity index is 837. The van der Waals surface area contributed by atoms with E-state index in [2.05, 4.69) is 10.5 Å². The van der Waals surface area contributed by atoms with Gasteiger partial charge >= 0.3 is 0 Å². The number of hydrogen-bond acceptors (Lipinski definition) is 6. The Labute approximate surface area is 137 Å². The Morgan fingerprint density at radius 2 is 2.04 bits per heavy atom. The zero-order chi connectivity index (χ0) is 17.3. The molecule has 0 saturated carbocycles. The van der Waals surface area contributed by atoms with Crippen molar-refractivity contribution in [1.82, 2.24) is 0 Å². The lowest BCUT2D eigenvalue weighted by Gasteiger charge is -2.13. The number of nitrogens with zero attached hydrogens (tertiary/aromatic N) is 2. The van der Waals surface area contributed by atoms with Crippen molar-refractivity contribution in [2.24, 2.45) is 10.8 Å². The molecule has 2 aromatic rings. The lowest BCUT2D eigenvalue weighted by molar-refractivity contribution is -0.384. The summed E-state index contributed by atoms with van der Waals surface area (Å²) in [6.45, 7) is 1.79. The van der Waals surface area contributed by atoms with E-state index < -0.39 is 10.8 Å². The van der Waals surface area contributed by atoms with Gasteiger partial charge in [-0.15, -0.1) is 0 Å². The number of benzene rings is 1. The number of nitrogens with one attached hydrogen (secondary N) is 1. The normalized spacial score (nSPS) is 15.1. The molecule has 0 saturated heterocycles. The number of hydrogen-bond donors (Lipinski definition) is 2. The maximum absolute atomic E-state index is 11.4. The smallest absolute Gasteiger partial charge is 0.284 e. The molecule has 3 N–H and O–H groups in total. The van der Waals surface area contributed by atoms with Gasteiger partial charge in [0.25, 0.3) is 11.6 Å². The van der Waals surface area contributed by atoms with Crippen LogP contribution in [0.4, 0.5) is 11.4 Å². The van der Waals surface area contributed by atoms with Gasteiger partial charge in [-0.25, -0.2) is 0 Å². The molecule has 0 atom stereocenters. The van der Waals surface area contributed by atoms with Crippen molar-refractivity contribution in [2.75, 3.05) is 5.43 Å². The third-order valence-corrected chi connectivity index (χ3v) is 3.95. The maximum atomic E-state index is 11.4. The average molecular weight is 328 g/mol. The number of primary amides is 1. The van der Waals surface area contributed by atoms with Gasteiger partial charge < -0.3 is 10.2 Å². The number of nitrogens with two attached hydrogens (primary N) is 1. The van der Waals surface area contributed by atoms with E-state index in [1.165, 1.54) is 12.1 Å². The van der Waals surface area contributed by atoms with Crippen LogP contribution < -0.4 is 11.2 Å². The predicted molar refractivity (Wildman–Crippen MR) is 88.2 cm³/mol. The summed E-state index contributed by atoms with van der Waals surface area (Å²) in [7, 11) is 0. The summed E-state index contributed by atoms with van der Waals surface area (Å²) in [5.74, 6) is 0.298. The minimum atomic E-state index is -0.593. The molecule has 24 heavy (non-hydrogen) atoms. The SMILES string of the molecule is Cc1c(C(N)=O)oc2c1/C(=N/Nc1ccc([N+](=O)[O-])cc1)CCC2. The summed E-state index contributed by atoms with van der Waals surface area (Å²) < 4.78 is 5.56. The van der Waals surface area contributed by atoms with Gasteiger partial charge in [-0.3, -0.25) is 20.3 Å². The van der Waals surface area contributed by atoms with Crippen LogP contribution in [0.15, 0.2) is 33.8 Å².